The molecule has 3 heteroatoms. The number of piperidine rings is 1. The van der Waals surface area contributed by atoms with E-state index in [0.29, 0.717) is 11.8 Å². The van der Waals surface area contributed by atoms with Crippen LogP contribution in [0.15, 0.2) is 0 Å². The summed E-state index contributed by atoms with van der Waals surface area (Å²) in [6.07, 6.45) is 7.63. The van der Waals surface area contributed by atoms with E-state index in [1.807, 2.05) is 4.90 Å². The first-order chi connectivity index (χ1) is 8.15. The lowest BCUT2D eigenvalue weighted by atomic mass is 9.91. The van der Waals surface area contributed by atoms with Crippen LogP contribution < -0.4 is 5.73 Å². The van der Waals surface area contributed by atoms with Gasteiger partial charge in [-0.2, -0.15) is 0 Å². The quantitative estimate of drug-likeness (QED) is 0.725. The van der Waals surface area contributed by atoms with E-state index in [1.54, 1.807) is 0 Å². The first-order valence-electron chi connectivity index (χ1n) is 7.18. The van der Waals surface area contributed by atoms with Crippen LogP contribution in [0.2, 0.25) is 0 Å². The van der Waals surface area contributed by atoms with Gasteiger partial charge < -0.3 is 10.6 Å². The fourth-order valence-electron chi connectivity index (χ4n) is 2.54. The summed E-state index contributed by atoms with van der Waals surface area (Å²) in [6.45, 7) is 6.10. The molecule has 1 fully saturated rings. The van der Waals surface area contributed by atoms with Gasteiger partial charge in [-0.25, -0.2) is 0 Å². The number of carbonyl (C=O) groups is 1. The van der Waals surface area contributed by atoms with Crippen molar-refractivity contribution in [2.45, 2.75) is 64.8 Å². The third-order valence-electron chi connectivity index (χ3n) is 3.88. The van der Waals surface area contributed by atoms with Crippen LogP contribution in [0.3, 0.4) is 0 Å². The Morgan fingerprint density at radius 1 is 1.29 bits per heavy atom. The summed E-state index contributed by atoms with van der Waals surface area (Å²) < 4.78 is 0. The molecular formula is C14H28N2O. The molecule has 1 rings (SSSR count). The van der Waals surface area contributed by atoms with Gasteiger partial charge in [0.15, 0.2) is 0 Å². The first-order valence-corrected chi connectivity index (χ1v) is 7.18. The van der Waals surface area contributed by atoms with Crippen molar-refractivity contribution in [1.29, 1.82) is 0 Å². The monoisotopic (exact) mass is 240 g/mol. The molecule has 0 radical (unpaired) electrons. The predicted octanol–water partition coefficient (Wildman–Crippen LogP) is 2.54. The molecule has 1 unspecified atom stereocenters. The molecule has 0 aromatic carbocycles. The summed E-state index contributed by atoms with van der Waals surface area (Å²) in [7, 11) is 0. The molecule has 100 valence electrons. The van der Waals surface area contributed by atoms with Crippen molar-refractivity contribution in [3.8, 4) is 0 Å². The van der Waals surface area contributed by atoms with E-state index in [-0.39, 0.29) is 6.04 Å². The average molecular weight is 240 g/mol. The third kappa shape index (κ3) is 5.07. The molecule has 3 nitrogen and oxygen atoms in total. The fourth-order valence-corrected chi connectivity index (χ4v) is 2.54. The maximum Gasteiger partial charge on any atom is 0.222 e. The summed E-state index contributed by atoms with van der Waals surface area (Å²) in [5, 5.41) is 0. The molecule has 0 aliphatic carbocycles. The van der Waals surface area contributed by atoms with Crippen LogP contribution in [0.1, 0.15) is 58.8 Å². The van der Waals surface area contributed by atoms with Gasteiger partial charge in [-0.3, -0.25) is 4.79 Å². The maximum absolute atomic E-state index is 11.9. The summed E-state index contributed by atoms with van der Waals surface area (Å²) in [5.74, 6) is 0.961. The number of nitrogens with zero attached hydrogens (tertiary/aromatic N) is 1. The lowest BCUT2D eigenvalue weighted by molar-refractivity contribution is -0.132. The Bertz CT molecular complexity index is 220. The minimum atomic E-state index is 0.275. The van der Waals surface area contributed by atoms with Crippen LogP contribution >= 0.6 is 0 Å². The molecule has 2 N–H and O–H groups in total. The van der Waals surface area contributed by atoms with Crippen LogP contribution in [0.25, 0.3) is 0 Å². The minimum absolute atomic E-state index is 0.275. The highest BCUT2D eigenvalue weighted by Crippen LogP contribution is 2.20. The SMILES string of the molecule is CCCCCCC(=O)N1CCC(C(C)N)CC1. The van der Waals surface area contributed by atoms with E-state index in [2.05, 4.69) is 13.8 Å². The van der Waals surface area contributed by atoms with Crippen LogP contribution in [0, 0.1) is 5.92 Å². The van der Waals surface area contributed by atoms with Gasteiger partial charge in [0, 0.05) is 25.6 Å². The van der Waals surface area contributed by atoms with Crippen molar-refractivity contribution in [1.82, 2.24) is 4.90 Å². The molecular weight excluding hydrogens is 212 g/mol. The Morgan fingerprint density at radius 2 is 1.94 bits per heavy atom. The Hall–Kier alpha value is -0.570. The van der Waals surface area contributed by atoms with Gasteiger partial charge in [0.05, 0.1) is 0 Å². The first kappa shape index (κ1) is 14.5. The molecule has 0 aromatic rings. The zero-order valence-corrected chi connectivity index (χ0v) is 11.5. The highest BCUT2D eigenvalue weighted by atomic mass is 16.2. The normalized spacial score (nSPS) is 19.4. The fraction of sp³-hybridized carbons (Fsp3) is 0.929. The van der Waals surface area contributed by atoms with Crippen LogP contribution in [0.5, 0.6) is 0 Å². The number of unbranched alkanes of at least 4 members (excludes halogenated alkanes) is 3. The van der Waals surface area contributed by atoms with Gasteiger partial charge in [0.2, 0.25) is 5.91 Å². The standard InChI is InChI=1S/C14H28N2O/c1-3-4-5-6-7-14(17)16-10-8-13(9-11-16)12(2)15/h12-13H,3-11,15H2,1-2H3. The molecule has 17 heavy (non-hydrogen) atoms. The van der Waals surface area contributed by atoms with E-state index >= 15 is 0 Å². The van der Waals surface area contributed by atoms with Gasteiger partial charge in [0.25, 0.3) is 0 Å². The number of nitrogens with two attached hydrogens (primary N) is 1. The summed E-state index contributed by atoms with van der Waals surface area (Å²) in [5.41, 5.74) is 5.90. The summed E-state index contributed by atoms with van der Waals surface area (Å²) in [4.78, 5) is 14.0. The molecule has 1 amide bonds. The molecule has 1 saturated heterocycles. The zero-order valence-electron chi connectivity index (χ0n) is 11.5. The Kier molecular flexibility index (Phi) is 6.56. The number of hydrogen-bond donors (Lipinski definition) is 1. The van der Waals surface area contributed by atoms with Gasteiger partial charge in [-0.05, 0) is 32.1 Å². The van der Waals surface area contributed by atoms with Gasteiger partial charge in [0.1, 0.15) is 0 Å². The number of amides is 1. The highest BCUT2D eigenvalue weighted by molar-refractivity contribution is 5.76. The van der Waals surface area contributed by atoms with Gasteiger partial charge >= 0.3 is 0 Å². The van der Waals surface area contributed by atoms with E-state index in [4.69, 9.17) is 5.73 Å². The van der Waals surface area contributed by atoms with Gasteiger partial charge in [-0.15, -0.1) is 0 Å². The van der Waals surface area contributed by atoms with Crippen LogP contribution in [0.4, 0.5) is 0 Å². The van der Waals surface area contributed by atoms with Crippen molar-refractivity contribution < 1.29 is 4.79 Å². The maximum atomic E-state index is 11.9. The minimum Gasteiger partial charge on any atom is -0.343 e. The summed E-state index contributed by atoms with van der Waals surface area (Å²) in [6, 6.07) is 0.275. The third-order valence-corrected chi connectivity index (χ3v) is 3.88. The van der Waals surface area contributed by atoms with Crippen molar-refractivity contribution in [3.05, 3.63) is 0 Å². The molecule has 0 saturated carbocycles. The molecule has 0 bridgehead atoms. The number of likely N-dealkylation sites (tertiary alicyclic amines) is 1. The second kappa shape index (κ2) is 7.70. The lowest BCUT2D eigenvalue weighted by Crippen LogP contribution is -2.42. The smallest absolute Gasteiger partial charge is 0.222 e. The molecule has 1 aliphatic rings. The van der Waals surface area contributed by atoms with E-state index in [1.165, 1.54) is 19.3 Å². The van der Waals surface area contributed by atoms with Crippen molar-refractivity contribution >= 4 is 5.91 Å². The van der Waals surface area contributed by atoms with Crippen molar-refractivity contribution in [2.75, 3.05) is 13.1 Å². The second-order valence-electron chi connectivity index (χ2n) is 5.39. The molecule has 0 spiro atoms. The molecule has 1 heterocycles. The molecule has 1 aliphatic heterocycles. The lowest BCUT2D eigenvalue weighted by Gasteiger charge is -2.33. The van der Waals surface area contributed by atoms with Crippen LogP contribution in [-0.2, 0) is 4.79 Å². The van der Waals surface area contributed by atoms with Crippen LogP contribution in [-0.4, -0.2) is 29.9 Å². The Balaban J connectivity index is 2.17. The summed E-state index contributed by atoms with van der Waals surface area (Å²) >= 11 is 0. The largest absolute Gasteiger partial charge is 0.343 e. The van der Waals surface area contributed by atoms with Gasteiger partial charge in [-0.1, -0.05) is 26.2 Å². The van der Waals surface area contributed by atoms with Crippen molar-refractivity contribution in [3.63, 3.8) is 0 Å². The number of carbonyl (C=O) groups excluding carboxylic acids is 1. The number of hydrogen-bond acceptors (Lipinski definition) is 2. The van der Waals surface area contributed by atoms with Crippen molar-refractivity contribution in [2.24, 2.45) is 11.7 Å². The number of rotatable bonds is 6. The molecule has 0 aromatic heterocycles. The van der Waals surface area contributed by atoms with E-state index < -0.39 is 0 Å². The zero-order chi connectivity index (χ0) is 12.7. The second-order valence-corrected chi connectivity index (χ2v) is 5.39. The molecule has 1 atom stereocenters. The Morgan fingerprint density at radius 3 is 2.47 bits per heavy atom. The highest BCUT2D eigenvalue weighted by Gasteiger charge is 2.24. The van der Waals surface area contributed by atoms with E-state index in [0.717, 1.165) is 38.8 Å². The predicted molar refractivity (Wildman–Crippen MR) is 71.7 cm³/mol. The Labute approximate surface area is 106 Å². The topological polar surface area (TPSA) is 46.3 Å². The average Bonchev–Trinajstić information content (AvgIpc) is 2.34. The van der Waals surface area contributed by atoms with E-state index in [9.17, 15) is 4.79 Å².